The van der Waals surface area contributed by atoms with Gasteiger partial charge in [0.05, 0.1) is 25.2 Å². The molecule has 0 atom stereocenters. The Morgan fingerprint density at radius 3 is 2.42 bits per heavy atom. The minimum Gasteiger partial charge on any atom is -0.486 e. The van der Waals surface area contributed by atoms with E-state index in [1.165, 1.54) is 12.1 Å². The number of imide groups is 1. The first-order valence-electron chi connectivity index (χ1n) is 9.41. The quantitative estimate of drug-likeness (QED) is 0.246. The van der Waals surface area contributed by atoms with E-state index in [2.05, 4.69) is 21.2 Å². The highest BCUT2D eigenvalue weighted by molar-refractivity contribution is 9.10. The van der Waals surface area contributed by atoms with Crippen molar-refractivity contribution < 1.29 is 14.3 Å². The maximum Gasteiger partial charge on any atom is 0.333 e. The van der Waals surface area contributed by atoms with Gasteiger partial charge in [0, 0.05) is 5.02 Å². The predicted molar refractivity (Wildman–Crippen MR) is 135 cm³/mol. The molecule has 1 aliphatic rings. The molecule has 0 aliphatic carbocycles. The van der Waals surface area contributed by atoms with Crippen molar-refractivity contribution in [2.75, 3.05) is 4.90 Å². The number of nitrogens with one attached hydrogen (secondary N) is 1. The van der Waals surface area contributed by atoms with Crippen LogP contribution in [-0.4, -0.2) is 11.9 Å². The summed E-state index contributed by atoms with van der Waals surface area (Å²) in [6.07, 6.45) is 1.53. The first kappa shape index (κ1) is 23.9. The molecule has 3 amide bonds. The van der Waals surface area contributed by atoms with E-state index in [0.29, 0.717) is 41.6 Å². The Morgan fingerprint density at radius 1 is 0.939 bits per heavy atom. The molecule has 10 heteroatoms. The number of rotatable bonds is 5. The van der Waals surface area contributed by atoms with Crippen molar-refractivity contribution in [2.45, 2.75) is 6.61 Å². The lowest BCUT2D eigenvalue weighted by atomic mass is 10.1. The van der Waals surface area contributed by atoms with Crippen molar-refractivity contribution in [1.29, 1.82) is 0 Å². The number of carbonyl (C=O) groups excluding carboxylic acids is 2. The van der Waals surface area contributed by atoms with Crippen LogP contribution < -0.4 is 15.0 Å². The molecule has 5 nitrogen and oxygen atoms in total. The van der Waals surface area contributed by atoms with Gasteiger partial charge < -0.3 is 10.1 Å². The molecule has 33 heavy (non-hydrogen) atoms. The molecular formula is C23H13BrCl4N2O3. The van der Waals surface area contributed by atoms with Crippen molar-refractivity contribution in [3.05, 3.63) is 96.0 Å². The third kappa shape index (κ3) is 5.31. The zero-order valence-corrected chi connectivity index (χ0v) is 21.2. The average molecular weight is 587 g/mol. The lowest BCUT2D eigenvalue weighted by Crippen LogP contribution is -2.30. The van der Waals surface area contributed by atoms with Crippen LogP contribution >= 0.6 is 62.3 Å². The first-order chi connectivity index (χ1) is 15.7. The summed E-state index contributed by atoms with van der Waals surface area (Å²) in [5, 5.41) is 4.19. The first-order valence-corrected chi connectivity index (χ1v) is 11.7. The highest BCUT2D eigenvalue weighted by atomic mass is 79.9. The molecular weight excluding hydrogens is 574 g/mol. The molecule has 1 heterocycles. The van der Waals surface area contributed by atoms with Gasteiger partial charge in [-0.2, -0.15) is 0 Å². The number of hydrogen-bond acceptors (Lipinski definition) is 3. The van der Waals surface area contributed by atoms with Crippen LogP contribution in [-0.2, 0) is 11.4 Å². The Hall–Kier alpha value is -2.22. The number of halogens is 5. The molecule has 0 bridgehead atoms. The van der Waals surface area contributed by atoms with Gasteiger partial charge in [0.15, 0.2) is 5.75 Å². The predicted octanol–water partition coefficient (Wildman–Crippen LogP) is 7.74. The zero-order valence-electron chi connectivity index (χ0n) is 16.5. The fourth-order valence-corrected chi connectivity index (χ4v) is 4.63. The minimum atomic E-state index is -0.569. The van der Waals surface area contributed by atoms with Gasteiger partial charge >= 0.3 is 6.03 Å². The van der Waals surface area contributed by atoms with E-state index in [0.717, 1.165) is 10.5 Å². The highest BCUT2D eigenvalue weighted by Crippen LogP contribution is 2.36. The van der Waals surface area contributed by atoms with E-state index in [-0.39, 0.29) is 12.3 Å². The van der Waals surface area contributed by atoms with Crippen LogP contribution in [0.3, 0.4) is 0 Å². The number of ether oxygens (including phenoxy) is 1. The van der Waals surface area contributed by atoms with Gasteiger partial charge in [-0.05, 0) is 75.6 Å². The van der Waals surface area contributed by atoms with Crippen LogP contribution in [0, 0.1) is 0 Å². The van der Waals surface area contributed by atoms with Gasteiger partial charge in [0.25, 0.3) is 5.91 Å². The number of carbonyl (C=O) groups is 2. The third-order valence-electron chi connectivity index (χ3n) is 4.64. The van der Waals surface area contributed by atoms with E-state index in [1.807, 2.05) is 0 Å². The van der Waals surface area contributed by atoms with Gasteiger partial charge in [-0.1, -0.05) is 58.5 Å². The summed E-state index contributed by atoms with van der Waals surface area (Å²) in [5.74, 6) is -0.0818. The lowest BCUT2D eigenvalue weighted by Gasteiger charge is -2.12. The SMILES string of the molecule is O=C1N/C(=C/c2cc(Cl)c(OCc3ccc(Cl)c(Cl)c3)c(Br)c2)C(=O)N1c1cccc(Cl)c1. The van der Waals surface area contributed by atoms with Crippen molar-refractivity contribution in [3.8, 4) is 5.75 Å². The van der Waals surface area contributed by atoms with Crippen LogP contribution in [0.5, 0.6) is 5.75 Å². The second kappa shape index (κ2) is 9.95. The molecule has 0 radical (unpaired) electrons. The molecule has 1 aliphatic heterocycles. The number of amides is 3. The zero-order chi connectivity index (χ0) is 23.7. The Labute approximate surface area is 218 Å². The normalized spacial score (nSPS) is 14.7. The molecule has 0 spiro atoms. The summed E-state index contributed by atoms with van der Waals surface area (Å²) in [6, 6.07) is 14.5. The van der Waals surface area contributed by atoms with E-state index in [9.17, 15) is 9.59 Å². The summed E-state index contributed by atoms with van der Waals surface area (Å²) < 4.78 is 6.41. The number of nitrogens with zero attached hydrogens (tertiary/aromatic N) is 1. The minimum absolute atomic E-state index is 0.104. The highest BCUT2D eigenvalue weighted by Gasteiger charge is 2.35. The van der Waals surface area contributed by atoms with Crippen molar-refractivity contribution in [3.63, 3.8) is 0 Å². The fraction of sp³-hybridized carbons (Fsp3) is 0.0435. The molecule has 4 rings (SSSR count). The Bertz CT molecular complexity index is 1290. The van der Waals surface area contributed by atoms with Crippen molar-refractivity contribution in [2.24, 2.45) is 0 Å². The largest absolute Gasteiger partial charge is 0.486 e. The van der Waals surface area contributed by atoms with E-state index >= 15 is 0 Å². The standard InChI is InChI=1S/C23H13BrCl4N2O3/c24-16-6-13(8-19(28)21(16)33-11-12-4-5-17(26)18(27)7-12)9-20-22(31)30(23(32)29-20)15-3-1-2-14(25)10-15/h1-10H,11H2,(H,29,32)/b20-9+. The van der Waals surface area contributed by atoms with Crippen molar-refractivity contribution >= 4 is 86.0 Å². The van der Waals surface area contributed by atoms with Gasteiger partial charge in [0.1, 0.15) is 12.3 Å². The van der Waals surface area contributed by atoms with E-state index in [1.54, 1.807) is 48.5 Å². The van der Waals surface area contributed by atoms with Gasteiger partial charge in [-0.3, -0.25) is 4.79 Å². The fourth-order valence-electron chi connectivity index (χ4n) is 3.14. The number of benzene rings is 3. The second-order valence-corrected chi connectivity index (χ2v) is 9.47. The van der Waals surface area contributed by atoms with Crippen LogP contribution in [0.1, 0.15) is 11.1 Å². The molecule has 0 aromatic heterocycles. The van der Waals surface area contributed by atoms with E-state index < -0.39 is 11.9 Å². The topological polar surface area (TPSA) is 58.6 Å². The summed E-state index contributed by atoms with van der Waals surface area (Å²) >= 11 is 27.8. The molecule has 1 fully saturated rings. The summed E-state index contributed by atoms with van der Waals surface area (Å²) in [5.41, 5.74) is 1.88. The maximum absolute atomic E-state index is 12.8. The monoisotopic (exact) mass is 584 g/mol. The van der Waals surface area contributed by atoms with Crippen LogP contribution in [0.25, 0.3) is 6.08 Å². The number of anilines is 1. The summed E-state index contributed by atoms with van der Waals surface area (Å²) in [7, 11) is 0. The van der Waals surface area contributed by atoms with Crippen molar-refractivity contribution in [1.82, 2.24) is 5.32 Å². The summed E-state index contributed by atoms with van der Waals surface area (Å²) in [4.78, 5) is 26.2. The molecule has 3 aromatic rings. The van der Waals surface area contributed by atoms with Crippen LogP contribution in [0.15, 0.2) is 64.8 Å². The third-order valence-corrected chi connectivity index (χ3v) is 6.49. The van der Waals surface area contributed by atoms with Gasteiger partial charge in [-0.25, -0.2) is 9.69 Å². The van der Waals surface area contributed by atoms with Crippen LogP contribution in [0.4, 0.5) is 10.5 Å². The average Bonchev–Trinajstić information content (AvgIpc) is 3.02. The molecule has 1 saturated heterocycles. The Kier molecular flexibility index (Phi) is 7.22. The maximum atomic E-state index is 12.8. The molecule has 1 N–H and O–H groups in total. The summed E-state index contributed by atoms with van der Waals surface area (Å²) in [6.45, 7) is 0.221. The second-order valence-electron chi connectivity index (χ2n) is 6.96. The molecule has 3 aromatic carbocycles. The van der Waals surface area contributed by atoms with E-state index in [4.69, 9.17) is 51.1 Å². The van der Waals surface area contributed by atoms with Crippen LogP contribution in [0.2, 0.25) is 20.1 Å². The number of hydrogen-bond donors (Lipinski definition) is 1. The molecule has 168 valence electrons. The molecule has 0 saturated carbocycles. The lowest BCUT2D eigenvalue weighted by molar-refractivity contribution is -0.113. The molecule has 0 unspecified atom stereocenters. The van der Waals surface area contributed by atoms with Gasteiger partial charge in [0.2, 0.25) is 0 Å². The smallest absolute Gasteiger partial charge is 0.333 e. The Morgan fingerprint density at radius 2 is 1.73 bits per heavy atom. The Balaban J connectivity index is 1.54. The number of urea groups is 1. The van der Waals surface area contributed by atoms with Gasteiger partial charge in [-0.15, -0.1) is 0 Å².